The predicted molar refractivity (Wildman–Crippen MR) is 60.5 cm³/mol. The van der Waals surface area contributed by atoms with E-state index in [1.54, 1.807) is 11.9 Å². The Morgan fingerprint density at radius 1 is 1.69 bits per heavy atom. The lowest BCUT2D eigenvalue weighted by Gasteiger charge is -2.19. The Morgan fingerprint density at radius 2 is 2.38 bits per heavy atom. The van der Waals surface area contributed by atoms with Gasteiger partial charge in [-0.25, -0.2) is 0 Å². The van der Waals surface area contributed by atoms with E-state index >= 15 is 0 Å². The Kier molecular flexibility index (Phi) is 4.49. The van der Waals surface area contributed by atoms with Crippen molar-refractivity contribution in [2.24, 2.45) is 11.7 Å². The van der Waals surface area contributed by atoms with Crippen molar-refractivity contribution in [3.8, 4) is 0 Å². The molecule has 1 heterocycles. The summed E-state index contributed by atoms with van der Waals surface area (Å²) in [5, 5.41) is 3.85. The summed E-state index contributed by atoms with van der Waals surface area (Å²) in [7, 11) is 1.76. The van der Waals surface area contributed by atoms with Gasteiger partial charge in [0, 0.05) is 19.0 Å². The summed E-state index contributed by atoms with van der Waals surface area (Å²) in [6.45, 7) is 4.73. The average molecular weight is 225 g/mol. The third kappa shape index (κ3) is 3.34. The van der Waals surface area contributed by atoms with Crippen molar-refractivity contribution >= 4 is 5.91 Å². The van der Waals surface area contributed by atoms with Gasteiger partial charge in [-0.3, -0.25) is 4.79 Å². The lowest BCUT2D eigenvalue weighted by atomic mass is 10.1. The van der Waals surface area contributed by atoms with Crippen molar-refractivity contribution in [3.63, 3.8) is 0 Å². The van der Waals surface area contributed by atoms with E-state index in [0.29, 0.717) is 19.5 Å². The van der Waals surface area contributed by atoms with Crippen molar-refractivity contribution in [2.75, 3.05) is 13.6 Å². The smallest absolute Gasteiger partial charge is 0.225 e. The molecule has 0 bridgehead atoms. The van der Waals surface area contributed by atoms with E-state index in [2.05, 4.69) is 5.16 Å². The highest BCUT2D eigenvalue weighted by Gasteiger charge is 2.17. The van der Waals surface area contributed by atoms with Crippen molar-refractivity contribution in [3.05, 3.63) is 17.5 Å². The normalized spacial score (nSPS) is 12.5. The van der Waals surface area contributed by atoms with Crippen LogP contribution in [0, 0.1) is 12.8 Å². The lowest BCUT2D eigenvalue weighted by Crippen LogP contribution is -2.32. The van der Waals surface area contributed by atoms with E-state index in [1.807, 2.05) is 19.9 Å². The van der Waals surface area contributed by atoms with Crippen LogP contribution in [0.1, 0.15) is 24.8 Å². The first-order valence-corrected chi connectivity index (χ1v) is 5.41. The maximum absolute atomic E-state index is 11.9. The molecule has 0 aromatic carbocycles. The van der Waals surface area contributed by atoms with Crippen LogP contribution in [0.25, 0.3) is 0 Å². The molecule has 1 rings (SSSR count). The average Bonchev–Trinajstić information content (AvgIpc) is 2.63. The molecule has 1 atom stereocenters. The van der Waals surface area contributed by atoms with Gasteiger partial charge in [-0.1, -0.05) is 12.1 Å². The largest absolute Gasteiger partial charge is 0.361 e. The number of rotatable bonds is 5. The Morgan fingerprint density at radius 3 is 2.88 bits per heavy atom. The summed E-state index contributed by atoms with van der Waals surface area (Å²) < 4.78 is 4.95. The second kappa shape index (κ2) is 5.65. The van der Waals surface area contributed by atoms with Crippen LogP contribution in [-0.2, 0) is 11.3 Å². The highest BCUT2D eigenvalue weighted by Crippen LogP contribution is 2.09. The fraction of sp³-hybridized carbons (Fsp3) is 0.636. The third-order valence-electron chi connectivity index (χ3n) is 2.47. The SMILES string of the molecule is Cc1cc(CN(C)C(=O)C(C)CCN)no1. The molecule has 0 saturated heterocycles. The Labute approximate surface area is 95.6 Å². The lowest BCUT2D eigenvalue weighted by molar-refractivity contribution is -0.134. The zero-order valence-electron chi connectivity index (χ0n) is 10.1. The molecule has 5 heteroatoms. The molecule has 0 aliphatic carbocycles. The summed E-state index contributed by atoms with van der Waals surface area (Å²) in [5.41, 5.74) is 6.20. The van der Waals surface area contributed by atoms with Crippen molar-refractivity contribution in [1.29, 1.82) is 0 Å². The zero-order chi connectivity index (χ0) is 12.1. The first-order chi connectivity index (χ1) is 7.54. The van der Waals surface area contributed by atoms with E-state index in [9.17, 15) is 4.79 Å². The molecular formula is C11H19N3O2. The summed E-state index contributed by atoms with van der Waals surface area (Å²) in [5.74, 6) is 0.806. The molecule has 1 aromatic heterocycles. The molecule has 16 heavy (non-hydrogen) atoms. The summed E-state index contributed by atoms with van der Waals surface area (Å²) in [6.07, 6.45) is 0.709. The molecular weight excluding hydrogens is 206 g/mol. The molecule has 2 N–H and O–H groups in total. The molecule has 90 valence electrons. The number of aryl methyl sites for hydroxylation is 1. The molecule has 5 nitrogen and oxygen atoms in total. The van der Waals surface area contributed by atoms with Gasteiger partial charge in [0.1, 0.15) is 11.5 Å². The van der Waals surface area contributed by atoms with Crippen LogP contribution >= 0.6 is 0 Å². The number of carbonyl (C=O) groups is 1. The van der Waals surface area contributed by atoms with E-state index < -0.39 is 0 Å². The van der Waals surface area contributed by atoms with Crippen molar-refractivity contribution in [1.82, 2.24) is 10.1 Å². The minimum absolute atomic E-state index is 0.0389. The van der Waals surface area contributed by atoms with Crippen molar-refractivity contribution < 1.29 is 9.32 Å². The van der Waals surface area contributed by atoms with Crippen LogP contribution in [0.15, 0.2) is 10.6 Å². The molecule has 0 aliphatic rings. The first-order valence-electron chi connectivity index (χ1n) is 5.41. The van der Waals surface area contributed by atoms with Crippen LogP contribution in [-0.4, -0.2) is 29.6 Å². The number of nitrogens with two attached hydrogens (primary N) is 1. The Balaban J connectivity index is 2.51. The van der Waals surface area contributed by atoms with Crippen LogP contribution in [0.5, 0.6) is 0 Å². The monoisotopic (exact) mass is 225 g/mol. The Bertz CT molecular complexity index is 349. The van der Waals surface area contributed by atoms with Gasteiger partial charge in [-0.05, 0) is 19.9 Å². The van der Waals surface area contributed by atoms with Gasteiger partial charge in [0.15, 0.2) is 0 Å². The number of amides is 1. The quantitative estimate of drug-likeness (QED) is 0.809. The van der Waals surface area contributed by atoms with Gasteiger partial charge in [0.2, 0.25) is 5.91 Å². The number of carbonyl (C=O) groups excluding carboxylic acids is 1. The van der Waals surface area contributed by atoms with Crippen molar-refractivity contribution in [2.45, 2.75) is 26.8 Å². The van der Waals surface area contributed by atoms with Gasteiger partial charge < -0.3 is 15.2 Å². The van der Waals surface area contributed by atoms with Gasteiger partial charge >= 0.3 is 0 Å². The second-order valence-corrected chi connectivity index (χ2v) is 4.10. The fourth-order valence-corrected chi connectivity index (χ4v) is 1.56. The maximum Gasteiger partial charge on any atom is 0.225 e. The van der Waals surface area contributed by atoms with Crippen LogP contribution < -0.4 is 5.73 Å². The van der Waals surface area contributed by atoms with Crippen LogP contribution in [0.4, 0.5) is 0 Å². The third-order valence-corrected chi connectivity index (χ3v) is 2.47. The van der Waals surface area contributed by atoms with E-state index in [0.717, 1.165) is 11.5 Å². The topological polar surface area (TPSA) is 72.4 Å². The molecule has 1 aromatic rings. The first kappa shape index (κ1) is 12.7. The molecule has 0 spiro atoms. The van der Waals surface area contributed by atoms with Crippen LogP contribution in [0.3, 0.4) is 0 Å². The number of hydrogen-bond donors (Lipinski definition) is 1. The summed E-state index contributed by atoms with van der Waals surface area (Å²) in [6, 6.07) is 1.83. The highest BCUT2D eigenvalue weighted by molar-refractivity contribution is 5.78. The van der Waals surface area contributed by atoms with Gasteiger partial charge in [0.25, 0.3) is 0 Å². The molecule has 0 radical (unpaired) electrons. The number of hydrogen-bond acceptors (Lipinski definition) is 4. The highest BCUT2D eigenvalue weighted by atomic mass is 16.5. The minimum atomic E-state index is -0.0389. The number of aromatic nitrogens is 1. The van der Waals surface area contributed by atoms with Crippen LogP contribution in [0.2, 0.25) is 0 Å². The standard InChI is InChI=1S/C11H19N3O2/c1-8(4-5-12)11(15)14(3)7-10-6-9(2)16-13-10/h6,8H,4-5,7,12H2,1-3H3. The Hall–Kier alpha value is -1.36. The molecule has 0 aliphatic heterocycles. The number of nitrogens with zero attached hydrogens (tertiary/aromatic N) is 2. The van der Waals surface area contributed by atoms with E-state index in [4.69, 9.17) is 10.3 Å². The maximum atomic E-state index is 11.9. The second-order valence-electron chi connectivity index (χ2n) is 4.10. The minimum Gasteiger partial charge on any atom is -0.361 e. The molecule has 1 amide bonds. The van der Waals surface area contributed by atoms with E-state index in [1.165, 1.54) is 0 Å². The van der Waals surface area contributed by atoms with Gasteiger partial charge in [-0.2, -0.15) is 0 Å². The van der Waals surface area contributed by atoms with E-state index in [-0.39, 0.29) is 11.8 Å². The molecule has 0 fully saturated rings. The predicted octanol–water partition coefficient (Wildman–Crippen LogP) is 0.926. The van der Waals surface area contributed by atoms with Gasteiger partial charge in [-0.15, -0.1) is 0 Å². The van der Waals surface area contributed by atoms with Gasteiger partial charge in [0.05, 0.1) is 6.54 Å². The summed E-state index contributed by atoms with van der Waals surface area (Å²) >= 11 is 0. The summed E-state index contributed by atoms with van der Waals surface area (Å²) in [4.78, 5) is 13.5. The molecule has 1 unspecified atom stereocenters. The fourth-order valence-electron chi connectivity index (χ4n) is 1.56. The molecule has 0 saturated carbocycles. The zero-order valence-corrected chi connectivity index (χ0v) is 10.1.